The van der Waals surface area contributed by atoms with Gasteiger partial charge in [0.2, 0.25) is 0 Å². The van der Waals surface area contributed by atoms with Gasteiger partial charge >= 0.3 is 0 Å². The van der Waals surface area contributed by atoms with Crippen molar-refractivity contribution in [3.05, 3.63) is 20.8 Å². The summed E-state index contributed by atoms with van der Waals surface area (Å²) in [4.78, 5) is 1.39. The summed E-state index contributed by atoms with van der Waals surface area (Å²) in [5, 5.41) is 15.2. The van der Waals surface area contributed by atoms with Gasteiger partial charge in [-0.3, -0.25) is 0 Å². The molecule has 6 heteroatoms. The molecule has 0 bridgehead atoms. The smallest absolute Gasteiger partial charge is 0.144 e. The third-order valence-electron chi connectivity index (χ3n) is 3.13. The maximum absolute atomic E-state index is 8.68. The number of rotatable bonds is 8. The molecule has 0 spiro atoms. The van der Waals surface area contributed by atoms with E-state index in [0.717, 1.165) is 32.4 Å². The van der Waals surface area contributed by atoms with Crippen LogP contribution in [0.3, 0.4) is 0 Å². The summed E-state index contributed by atoms with van der Waals surface area (Å²) in [6.45, 7) is 5.92. The van der Waals surface area contributed by atoms with Gasteiger partial charge in [0.1, 0.15) is 5.84 Å². The molecule has 0 saturated heterocycles. The van der Waals surface area contributed by atoms with Crippen molar-refractivity contribution >= 4 is 33.1 Å². The first-order valence-electron chi connectivity index (χ1n) is 6.38. The Bertz CT molecular complexity index is 418. The zero-order valence-electron chi connectivity index (χ0n) is 11.4. The van der Waals surface area contributed by atoms with Crippen LogP contribution in [0.5, 0.6) is 0 Å². The second-order valence-electron chi connectivity index (χ2n) is 5.18. The highest BCUT2D eigenvalue weighted by atomic mass is 79.9. The van der Waals surface area contributed by atoms with Gasteiger partial charge in [0.25, 0.3) is 0 Å². The highest BCUT2D eigenvalue weighted by Gasteiger charge is 2.22. The summed E-state index contributed by atoms with van der Waals surface area (Å²) in [6, 6.07) is 4.23. The average Bonchev–Trinajstić information content (AvgIpc) is 2.78. The summed E-state index contributed by atoms with van der Waals surface area (Å²) in [5.74, 6) is 0.302. The Morgan fingerprint density at radius 1 is 1.47 bits per heavy atom. The number of nitrogens with two attached hydrogens (primary N) is 1. The molecule has 1 heterocycles. The SMILES string of the molecule is CC(C)(CCCNCCc1ccc(Br)s1)/C(N)=N/O. The van der Waals surface area contributed by atoms with Gasteiger partial charge in [-0.05, 0) is 60.4 Å². The van der Waals surface area contributed by atoms with E-state index in [1.807, 2.05) is 13.8 Å². The fourth-order valence-electron chi connectivity index (χ4n) is 1.74. The Kier molecular flexibility index (Phi) is 6.82. The van der Waals surface area contributed by atoms with Crippen LogP contribution in [-0.2, 0) is 6.42 Å². The van der Waals surface area contributed by atoms with Crippen molar-refractivity contribution < 1.29 is 5.21 Å². The number of amidine groups is 1. The summed E-state index contributed by atoms with van der Waals surface area (Å²) in [6.07, 6.45) is 2.97. The third-order valence-corrected chi connectivity index (χ3v) is 4.82. The molecular weight excluding hydrogens is 326 g/mol. The Morgan fingerprint density at radius 3 is 2.79 bits per heavy atom. The number of hydrogen-bond donors (Lipinski definition) is 3. The standard InChI is InChI=1S/C13H22BrN3OS/c1-13(2,12(15)17-18)7-3-8-16-9-6-10-4-5-11(14)19-10/h4-5,16,18H,3,6-9H2,1-2H3,(H2,15,17). The van der Waals surface area contributed by atoms with Crippen LogP contribution in [-0.4, -0.2) is 24.1 Å². The highest BCUT2D eigenvalue weighted by molar-refractivity contribution is 9.11. The zero-order valence-corrected chi connectivity index (χ0v) is 13.9. The molecule has 0 fully saturated rings. The van der Waals surface area contributed by atoms with E-state index in [1.54, 1.807) is 11.3 Å². The lowest BCUT2D eigenvalue weighted by Crippen LogP contribution is -2.32. The number of halogens is 1. The molecule has 1 aromatic heterocycles. The Morgan fingerprint density at radius 2 is 2.21 bits per heavy atom. The molecule has 0 radical (unpaired) electrons. The summed E-state index contributed by atoms with van der Waals surface area (Å²) in [5.41, 5.74) is 5.41. The number of thiophene rings is 1. The van der Waals surface area contributed by atoms with Crippen LogP contribution in [0.15, 0.2) is 21.1 Å². The molecule has 0 aromatic carbocycles. The van der Waals surface area contributed by atoms with Crippen LogP contribution in [0.2, 0.25) is 0 Å². The molecule has 19 heavy (non-hydrogen) atoms. The molecule has 0 saturated carbocycles. The first-order chi connectivity index (χ1) is 8.95. The zero-order chi connectivity index (χ0) is 14.3. The van der Waals surface area contributed by atoms with Gasteiger partial charge in [-0.15, -0.1) is 11.3 Å². The highest BCUT2D eigenvalue weighted by Crippen LogP contribution is 2.23. The van der Waals surface area contributed by atoms with Crippen molar-refractivity contribution in [1.29, 1.82) is 0 Å². The maximum Gasteiger partial charge on any atom is 0.144 e. The second kappa shape index (κ2) is 7.87. The van der Waals surface area contributed by atoms with Crippen LogP contribution in [0.25, 0.3) is 0 Å². The van der Waals surface area contributed by atoms with E-state index in [4.69, 9.17) is 10.9 Å². The van der Waals surface area contributed by atoms with Crippen molar-refractivity contribution in [2.75, 3.05) is 13.1 Å². The van der Waals surface area contributed by atoms with E-state index in [9.17, 15) is 0 Å². The number of oxime groups is 1. The molecule has 1 rings (SSSR count). The van der Waals surface area contributed by atoms with E-state index in [1.165, 1.54) is 8.66 Å². The molecule has 4 nitrogen and oxygen atoms in total. The van der Waals surface area contributed by atoms with Crippen molar-refractivity contribution in [2.45, 2.75) is 33.1 Å². The number of nitrogens with one attached hydrogen (secondary N) is 1. The first kappa shape index (κ1) is 16.5. The third kappa shape index (κ3) is 5.93. The van der Waals surface area contributed by atoms with Gasteiger partial charge in [0.05, 0.1) is 3.79 Å². The van der Waals surface area contributed by atoms with E-state index < -0.39 is 0 Å². The molecule has 0 aliphatic heterocycles. The summed E-state index contributed by atoms with van der Waals surface area (Å²) in [7, 11) is 0. The minimum Gasteiger partial charge on any atom is -0.409 e. The molecule has 0 aliphatic rings. The molecule has 0 amide bonds. The first-order valence-corrected chi connectivity index (χ1v) is 7.99. The summed E-state index contributed by atoms with van der Waals surface area (Å²) >= 11 is 5.24. The lowest BCUT2D eigenvalue weighted by molar-refractivity contribution is 0.304. The van der Waals surface area contributed by atoms with Crippen molar-refractivity contribution in [3.63, 3.8) is 0 Å². The fourth-order valence-corrected chi connectivity index (χ4v) is 3.22. The van der Waals surface area contributed by atoms with E-state index in [2.05, 4.69) is 38.5 Å². The van der Waals surface area contributed by atoms with Crippen LogP contribution >= 0.6 is 27.3 Å². The second-order valence-corrected chi connectivity index (χ2v) is 7.73. The van der Waals surface area contributed by atoms with E-state index >= 15 is 0 Å². The minimum absolute atomic E-state index is 0.241. The van der Waals surface area contributed by atoms with Gasteiger partial charge in [-0.1, -0.05) is 19.0 Å². The summed E-state index contributed by atoms with van der Waals surface area (Å²) < 4.78 is 1.18. The van der Waals surface area contributed by atoms with Crippen molar-refractivity contribution in [2.24, 2.45) is 16.3 Å². The van der Waals surface area contributed by atoms with Crippen LogP contribution in [0.1, 0.15) is 31.6 Å². The van der Waals surface area contributed by atoms with Crippen LogP contribution in [0.4, 0.5) is 0 Å². The molecule has 0 unspecified atom stereocenters. The fraction of sp³-hybridized carbons (Fsp3) is 0.615. The largest absolute Gasteiger partial charge is 0.409 e. The van der Waals surface area contributed by atoms with Gasteiger partial charge < -0.3 is 16.3 Å². The van der Waals surface area contributed by atoms with E-state index in [0.29, 0.717) is 5.84 Å². The molecule has 4 N–H and O–H groups in total. The molecule has 0 aliphatic carbocycles. The molecular formula is C13H22BrN3OS. The van der Waals surface area contributed by atoms with Gasteiger partial charge in [-0.25, -0.2) is 0 Å². The number of hydrogen-bond acceptors (Lipinski definition) is 4. The van der Waals surface area contributed by atoms with Gasteiger partial charge in [0, 0.05) is 10.3 Å². The Hall–Kier alpha value is -0.590. The van der Waals surface area contributed by atoms with Crippen molar-refractivity contribution in [3.8, 4) is 0 Å². The normalized spacial score (nSPS) is 12.9. The topological polar surface area (TPSA) is 70.6 Å². The van der Waals surface area contributed by atoms with Crippen LogP contribution in [0, 0.1) is 5.41 Å². The van der Waals surface area contributed by atoms with Crippen LogP contribution < -0.4 is 11.1 Å². The van der Waals surface area contributed by atoms with Crippen molar-refractivity contribution in [1.82, 2.24) is 5.32 Å². The lowest BCUT2D eigenvalue weighted by Gasteiger charge is -2.22. The minimum atomic E-state index is -0.241. The Balaban J connectivity index is 2.11. The monoisotopic (exact) mass is 347 g/mol. The molecule has 1 aromatic rings. The van der Waals surface area contributed by atoms with Gasteiger partial charge in [0.15, 0.2) is 0 Å². The molecule has 0 atom stereocenters. The maximum atomic E-state index is 8.68. The number of nitrogens with zero attached hydrogens (tertiary/aromatic N) is 1. The predicted molar refractivity (Wildman–Crippen MR) is 85.0 cm³/mol. The average molecular weight is 348 g/mol. The Labute approximate surface area is 127 Å². The lowest BCUT2D eigenvalue weighted by atomic mass is 9.86. The van der Waals surface area contributed by atoms with Gasteiger partial charge in [-0.2, -0.15) is 0 Å². The quantitative estimate of drug-likeness (QED) is 0.222. The van der Waals surface area contributed by atoms with E-state index in [-0.39, 0.29) is 5.41 Å². The molecule has 108 valence electrons. The predicted octanol–water partition coefficient (Wildman–Crippen LogP) is 3.20.